The molecule has 6 nitrogen and oxygen atoms in total. The summed E-state index contributed by atoms with van der Waals surface area (Å²) in [4.78, 5) is 6.83. The number of nitrogens with one attached hydrogen (secondary N) is 3. The van der Waals surface area contributed by atoms with E-state index in [-0.39, 0.29) is 0 Å². The van der Waals surface area contributed by atoms with Crippen molar-refractivity contribution >= 4 is 21.9 Å². The molecule has 25 heavy (non-hydrogen) atoms. The molecule has 0 radical (unpaired) electrons. The molecule has 1 fully saturated rings. The SMILES string of the molecule is CN=C(NCc1ccn[nH]1)NC1CCN(Cc2ccc(Br)cc2)CC1. The highest BCUT2D eigenvalue weighted by atomic mass is 79.9. The number of H-pyrrole nitrogens is 1. The highest BCUT2D eigenvalue weighted by molar-refractivity contribution is 9.10. The summed E-state index contributed by atoms with van der Waals surface area (Å²) in [6, 6.07) is 11.0. The van der Waals surface area contributed by atoms with Crippen LogP contribution < -0.4 is 10.6 Å². The van der Waals surface area contributed by atoms with Crippen LogP contribution in [0.2, 0.25) is 0 Å². The van der Waals surface area contributed by atoms with E-state index in [1.165, 1.54) is 5.56 Å². The quantitative estimate of drug-likeness (QED) is 0.528. The lowest BCUT2D eigenvalue weighted by Gasteiger charge is -2.33. The van der Waals surface area contributed by atoms with Gasteiger partial charge in [0.2, 0.25) is 0 Å². The van der Waals surface area contributed by atoms with E-state index in [1.807, 2.05) is 13.1 Å². The smallest absolute Gasteiger partial charge is 0.191 e. The number of benzene rings is 1. The number of guanidine groups is 1. The molecule has 1 saturated heterocycles. The molecule has 1 aliphatic heterocycles. The van der Waals surface area contributed by atoms with E-state index in [2.05, 4.69) is 70.9 Å². The molecule has 134 valence electrons. The van der Waals surface area contributed by atoms with Crippen LogP contribution in [-0.4, -0.2) is 47.2 Å². The molecular weight excluding hydrogens is 380 g/mol. The van der Waals surface area contributed by atoms with Crippen molar-refractivity contribution in [3.05, 3.63) is 52.3 Å². The Kier molecular flexibility index (Phi) is 6.47. The van der Waals surface area contributed by atoms with Crippen LogP contribution in [0, 0.1) is 0 Å². The van der Waals surface area contributed by atoms with Crippen LogP contribution in [0.5, 0.6) is 0 Å². The number of likely N-dealkylation sites (tertiary alicyclic amines) is 1. The Balaban J connectivity index is 1.41. The summed E-state index contributed by atoms with van der Waals surface area (Å²) in [5.74, 6) is 0.848. The van der Waals surface area contributed by atoms with Crippen LogP contribution in [0.25, 0.3) is 0 Å². The Hall–Kier alpha value is -1.86. The van der Waals surface area contributed by atoms with Crippen molar-refractivity contribution in [3.63, 3.8) is 0 Å². The van der Waals surface area contributed by atoms with E-state index < -0.39 is 0 Å². The number of aliphatic imine (C=N–C) groups is 1. The molecule has 0 spiro atoms. The zero-order chi connectivity index (χ0) is 17.5. The van der Waals surface area contributed by atoms with Crippen LogP contribution in [0.1, 0.15) is 24.1 Å². The molecule has 1 aromatic carbocycles. The molecule has 0 atom stereocenters. The second kappa shape index (κ2) is 9.01. The summed E-state index contributed by atoms with van der Waals surface area (Å²) < 4.78 is 1.13. The van der Waals surface area contributed by atoms with E-state index in [0.29, 0.717) is 12.6 Å². The summed E-state index contributed by atoms with van der Waals surface area (Å²) >= 11 is 3.49. The second-order valence-corrected chi connectivity index (χ2v) is 7.24. The third-order valence-corrected chi connectivity index (χ3v) is 5.00. The van der Waals surface area contributed by atoms with Crippen LogP contribution in [0.4, 0.5) is 0 Å². The van der Waals surface area contributed by atoms with Crippen molar-refractivity contribution < 1.29 is 0 Å². The maximum Gasteiger partial charge on any atom is 0.191 e. The number of aromatic nitrogens is 2. The first-order valence-electron chi connectivity index (χ1n) is 8.65. The molecule has 7 heteroatoms. The topological polar surface area (TPSA) is 68.3 Å². The van der Waals surface area contributed by atoms with Gasteiger partial charge < -0.3 is 10.6 Å². The maximum absolute atomic E-state index is 4.32. The van der Waals surface area contributed by atoms with Gasteiger partial charge in [-0.3, -0.25) is 15.0 Å². The monoisotopic (exact) mass is 404 g/mol. The van der Waals surface area contributed by atoms with Gasteiger partial charge in [0, 0.05) is 43.4 Å². The average Bonchev–Trinajstić information content (AvgIpc) is 3.15. The Bertz CT molecular complexity index is 659. The fourth-order valence-electron chi connectivity index (χ4n) is 3.03. The summed E-state index contributed by atoms with van der Waals surface area (Å²) in [5.41, 5.74) is 2.42. The molecule has 0 saturated carbocycles. The van der Waals surface area contributed by atoms with Gasteiger partial charge in [-0.15, -0.1) is 0 Å². The molecule has 2 heterocycles. The average molecular weight is 405 g/mol. The highest BCUT2D eigenvalue weighted by Crippen LogP contribution is 2.16. The van der Waals surface area contributed by atoms with Gasteiger partial charge in [-0.05, 0) is 36.6 Å². The first-order chi connectivity index (χ1) is 12.2. The van der Waals surface area contributed by atoms with Crippen molar-refractivity contribution in [2.45, 2.75) is 32.0 Å². The molecule has 1 aromatic heterocycles. The zero-order valence-electron chi connectivity index (χ0n) is 14.5. The Labute approximate surface area is 157 Å². The highest BCUT2D eigenvalue weighted by Gasteiger charge is 2.20. The van der Waals surface area contributed by atoms with Gasteiger partial charge in [0.05, 0.1) is 12.2 Å². The van der Waals surface area contributed by atoms with Gasteiger partial charge in [0.1, 0.15) is 0 Å². The summed E-state index contributed by atoms with van der Waals surface area (Å²) in [7, 11) is 1.81. The first-order valence-corrected chi connectivity index (χ1v) is 9.44. The van der Waals surface area contributed by atoms with E-state index in [9.17, 15) is 0 Å². The minimum absolute atomic E-state index is 0.467. The first kappa shape index (κ1) is 17.9. The van der Waals surface area contributed by atoms with E-state index >= 15 is 0 Å². The van der Waals surface area contributed by atoms with Gasteiger partial charge in [0.25, 0.3) is 0 Å². The minimum Gasteiger partial charge on any atom is -0.354 e. The van der Waals surface area contributed by atoms with E-state index in [4.69, 9.17) is 0 Å². The van der Waals surface area contributed by atoms with Crippen LogP contribution in [-0.2, 0) is 13.1 Å². The minimum atomic E-state index is 0.467. The molecule has 0 unspecified atom stereocenters. The van der Waals surface area contributed by atoms with Crippen molar-refractivity contribution in [1.29, 1.82) is 0 Å². The molecule has 2 aromatic rings. The van der Waals surface area contributed by atoms with Gasteiger partial charge in [-0.2, -0.15) is 5.10 Å². The molecule has 0 bridgehead atoms. The van der Waals surface area contributed by atoms with Crippen molar-refractivity contribution in [3.8, 4) is 0 Å². The molecule has 3 rings (SSSR count). The predicted octanol–water partition coefficient (Wildman–Crippen LogP) is 2.50. The Morgan fingerprint density at radius 1 is 1.28 bits per heavy atom. The largest absolute Gasteiger partial charge is 0.354 e. The van der Waals surface area contributed by atoms with E-state index in [0.717, 1.165) is 48.6 Å². The lowest BCUT2D eigenvalue weighted by molar-refractivity contribution is 0.198. The third kappa shape index (κ3) is 5.57. The van der Waals surface area contributed by atoms with E-state index in [1.54, 1.807) is 6.20 Å². The molecule has 1 aliphatic rings. The molecule has 0 amide bonds. The number of aromatic amines is 1. The number of hydrogen-bond donors (Lipinski definition) is 3. The van der Waals surface area contributed by atoms with Crippen LogP contribution >= 0.6 is 15.9 Å². The molecule has 0 aliphatic carbocycles. The van der Waals surface area contributed by atoms with Crippen LogP contribution in [0.3, 0.4) is 0 Å². The van der Waals surface area contributed by atoms with Crippen molar-refractivity contribution in [2.75, 3.05) is 20.1 Å². The van der Waals surface area contributed by atoms with Crippen molar-refractivity contribution in [1.82, 2.24) is 25.7 Å². The van der Waals surface area contributed by atoms with Gasteiger partial charge in [-0.1, -0.05) is 28.1 Å². The Morgan fingerprint density at radius 2 is 2.04 bits per heavy atom. The number of piperidine rings is 1. The van der Waals surface area contributed by atoms with Gasteiger partial charge >= 0.3 is 0 Å². The lowest BCUT2D eigenvalue weighted by atomic mass is 10.0. The molecular formula is C18H25BrN6. The number of hydrogen-bond acceptors (Lipinski definition) is 3. The Morgan fingerprint density at radius 3 is 2.68 bits per heavy atom. The molecule has 3 N–H and O–H groups in total. The number of nitrogens with zero attached hydrogens (tertiary/aromatic N) is 3. The standard InChI is InChI=1S/C18H25BrN6/c1-20-18(21-12-17-6-9-22-24-17)23-16-7-10-25(11-8-16)13-14-2-4-15(19)5-3-14/h2-6,9,16H,7-8,10-13H2,1H3,(H,22,24)(H2,20,21,23). The fourth-order valence-corrected chi connectivity index (χ4v) is 3.30. The summed E-state index contributed by atoms with van der Waals surface area (Å²) in [6.45, 7) is 3.92. The summed E-state index contributed by atoms with van der Waals surface area (Å²) in [5, 5.41) is 13.8. The van der Waals surface area contributed by atoms with Gasteiger partial charge in [-0.25, -0.2) is 0 Å². The second-order valence-electron chi connectivity index (χ2n) is 6.33. The fraction of sp³-hybridized carbons (Fsp3) is 0.444. The van der Waals surface area contributed by atoms with Crippen LogP contribution in [0.15, 0.2) is 46.0 Å². The number of halogens is 1. The maximum atomic E-state index is 4.32. The zero-order valence-corrected chi connectivity index (χ0v) is 16.1. The summed E-state index contributed by atoms with van der Waals surface area (Å²) in [6.07, 6.45) is 4.01. The lowest BCUT2D eigenvalue weighted by Crippen LogP contribution is -2.48. The normalized spacial score (nSPS) is 16.8. The van der Waals surface area contributed by atoms with Crippen molar-refractivity contribution in [2.24, 2.45) is 4.99 Å². The third-order valence-electron chi connectivity index (χ3n) is 4.48. The predicted molar refractivity (Wildman–Crippen MR) is 104 cm³/mol. The van der Waals surface area contributed by atoms with Gasteiger partial charge in [0.15, 0.2) is 5.96 Å². The number of rotatable bonds is 5.